The van der Waals surface area contributed by atoms with Crippen LogP contribution in [0.1, 0.15) is 126 Å². The molecule has 29 heavy (non-hydrogen) atoms. The van der Waals surface area contributed by atoms with Gasteiger partial charge in [0.25, 0.3) is 0 Å². The number of carboxylic acid groups (broad SMARTS) is 1. The number of rotatable bonds is 17. The van der Waals surface area contributed by atoms with Crippen molar-refractivity contribution < 1.29 is 15.0 Å². The molecule has 0 aromatic heterocycles. The van der Waals surface area contributed by atoms with E-state index in [4.69, 9.17) is 0 Å². The lowest BCUT2D eigenvalue weighted by Crippen LogP contribution is -2.13. The third kappa shape index (κ3) is 10.2. The van der Waals surface area contributed by atoms with Crippen molar-refractivity contribution in [3.63, 3.8) is 0 Å². The van der Waals surface area contributed by atoms with Gasteiger partial charge in [0, 0.05) is 0 Å². The van der Waals surface area contributed by atoms with E-state index in [0.29, 0.717) is 6.42 Å². The zero-order valence-corrected chi connectivity index (χ0v) is 19.1. The van der Waals surface area contributed by atoms with Crippen LogP contribution in [0.4, 0.5) is 0 Å². The first-order valence-corrected chi connectivity index (χ1v) is 12.0. The van der Waals surface area contributed by atoms with Gasteiger partial charge in [0.2, 0.25) is 0 Å². The second kappa shape index (κ2) is 15.3. The van der Waals surface area contributed by atoms with Crippen molar-refractivity contribution in [2.24, 2.45) is 0 Å². The second-order valence-corrected chi connectivity index (χ2v) is 8.70. The SMILES string of the molecule is CCCCCCCCCCCCCCCCC(C(=O)O)c1ccc(O)c(C)c1C. The van der Waals surface area contributed by atoms with E-state index in [0.717, 1.165) is 29.5 Å². The normalized spacial score (nSPS) is 12.2. The van der Waals surface area contributed by atoms with Crippen LogP contribution in [0.15, 0.2) is 12.1 Å². The first kappa shape index (κ1) is 25.5. The number of hydrogen-bond acceptors (Lipinski definition) is 2. The average molecular weight is 405 g/mol. The highest BCUT2D eigenvalue weighted by Crippen LogP contribution is 2.31. The summed E-state index contributed by atoms with van der Waals surface area (Å²) in [5, 5.41) is 19.5. The molecule has 1 aromatic rings. The third-order valence-electron chi connectivity index (χ3n) is 6.32. The van der Waals surface area contributed by atoms with Crippen molar-refractivity contribution in [3.05, 3.63) is 28.8 Å². The lowest BCUT2D eigenvalue weighted by Gasteiger charge is -2.17. The molecule has 1 unspecified atom stereocenters. The summed E-state index contributed by atoms with van der Waals surface area (Å²) in [6.45, 7) is 6.02. The van der Waals surface area contributed by atoms with E-state index in [1.165, 1.54) is 77.0 Å². The highest BCUT2D eigenvalue weighted by Gasteiger charge is 2.22. The molecule has 0 heterocycles. The zero-order valence-electron chi connectivity index (χ0n) is 19.1. The van der Waals surface area contributed by atoms with Gasteiger partial charge in [-0.3, -0.25) is 4.79 Å². The minimum absolute atomic E-state index is 0.242. The van der Waals surface area contributed by atoms with Crippen molar-refractivity contribution in [2.75, 3.05) is 0 Å². The topological polar surface area (TPSA) is 57.5 Å². The Hall–Kier alpha value is -1.51. The van der Waals surface area contributed by atoms with Crippen molar-refractivity contribution in [1.82, 2.24) is 0 Å². The summed E-state index contributed by atoms with van der Waals surface area (Å²) in [5.74, 6) is -0.980. The van der Waals surface area contributed by atoms with E-state index in [9.17, 15) is 15.0 Å². The molecular formula is C26H44O3. The first-order chi connectivity index (χ1) is 14.0. The van der Waals surface area contributed by atoms with E-state index in [-0.39, 0.29) is 5.75 Å². The number of aromatic hydroxyl groups is 1. The molecular weight excluding hydrogens is 360 g/mol. The number of hydrogen-bond donors (Lipinski definition) is 2. The highest BCUT2D eigenvalue weighted by atomic mass is 16.4. The van der Waals surface area contributed by atoms with Gasteiger partial charge in [-0.1, -0.05) is 103 Å². The highest BCUT2D eigenvalue weighted by molar-refractivity contribution is 5.77. The van der Waals surface area contributed by atoms with Crippen LogP contribution in [0, 0.1) is 13.8 Å². The summed E-state index contributed by atoms with van der Waals surface area (Å²) >= 11 is 0. The fraction of sp³-hybridized carbons (Fsp3) is 0.731. The molecule has 0 amide bonds. The quantitative estimate of drug-likeness (QED) is 0.258. The Morgan fingerprint density at radius 2 is 1.21 bits per heavy atom. The predicted molar refractivity (Wildman–Crippen MR) is 123 cm³/mol. The van der Waals surface area contributed by atoms with Crippen molar-refractivity contribution >= 4 is 5.97 Å². The molecule has 0 fully saturated rings. The lowest BCUT2D eigenvalue weighted by molar-refractivity contribution is -0.139. The Morgan fingerprint density at radius 1 is 0.759 bits per heavy atom. The van der Waals surface area contributed by atoms with Gasteiger partial charge < -0.3 is 10.2 Å². The Morgan fingerprint density at radius 3 is 1.66 bits per heavy atom. The van der Waals surface area contributed by atoms with Gasteiger partial charge in [0.15, 0.2) is 0 Å². The van der Waals surface area contributed by atoms with Crippen LogP contribution in [0.2, 0.25) is 0 Å². The zero-order chi connectivity index (χ0) is 21.5. The van der Waals surface area contributed by atoms with E-state index >= 15 is 0 Å². The molecule has 1 atom stereocenters. The average Bonchev–Trinajstić information content (AvgIpc) is 2.70. The van der Waals surface area contributed by atoms with Crippen LogP contribution in [0.5, 0.6) is 5.75 Å². The molecule has 0 bridgehead atoms. The molecule has 0 saturated carbocycles. The van der Waals surface area contributed by atoms with Gasteiger partial charge >= 0.3 is 5.97 Å². The Balaban J connectivity index is 2.12. The first-order valence-electron chi connectivity index (χ1n) is 12.0. The molecule has 1 rings (SSSR count). The molecule has 0 aliphatic rings. The summed E-state index contributed by atoms with van der Waals surface area (Å²) in [5.41, 5.74) is 2.54. The molecule has 3 heteroatoms. The standard InChI is InChI=1S/C26H44O3/c1-4-5-6-7-8-9-10-11-12-13-14-15-16-17-18-24(26(28)29)23-19-20-25(27)22(3)21(23)2/h19-20,24,27H,4-18H2,1-3H3,(H,28,29). The third-order valence-corrected chi connectivity index (χ3v) is 6.32. The molecule has 0 spiro atoms. The van der Waals surface area contributed by atoms with Crippen molar-refractivity contribution in [1.29, 1.82) is 0 Å². The van der Waals surface area contributed by atoms with E-state index in [1.807, 2.05) is 13.8 Å². The fourth-order valence-corrected chi connectivity index (χ4v) is 4.16. The lowest BCUT2D eigenvalue weighted by atomic mass is 9.88. The smallest absolute Gasteiger partial charge is 0.310 e. The number of carboxylic acids is 1. The fourth-order valence-electron chi connectivity index (χ4n) is 4.16. The van der Waals surface area contributed by atoms with Crippen molar-refractivity contribution in [3.8, 4) is 5.75 Å². The van der Waals surface area contributed by atoms with Crippen LogP contribution >= 0.6 is 0 Å². The monoisotopic (exact) mass is 404 g/mol. The van der Waals surface area contributed by atoms with Crippen LogP contribution < -0.4 is 0 Å². The predicted octanol–water partition coefficient (Wildman–Crippen LogP) is 8.05. The number of aliphatic carboxylic acids is 1. The van der Waals surface area contributed by atoms with E-state index in [2.05, 4.69) is 6.92 Å². The van der Waals surface area contributed by atoms with E-state index in [1.54, 1.807) is 12.1 Å². The van der Waals surface area contributed by atoms with E-state index < -0.39 is 11.9 Å². The number of carbonyl (C=O) groups is 1. The molecule has 2 N–H and O–H groups in total. The number of phenols is 1. The minimum Gasteiger partial charge on any atom is -0.508 e. The summed E-state index contributed by atoms with van der Waals surface area (Å²) in [6, 6.07) is 3.40. The number of unbranched alkanes of at least 4 members (excludes halogenated alkanes) is 13. The maximum absolute atomic E-state index is 11.8. The summed E-state index contributed by atoms with van der Waals surface area (Å²) < 4.78 is 0. The Kier molecular flexibility index (Phi) is 13.5. The van der Waals surface area contributed by atoms with Gasteiger partial charge in [0.1, 0.15) is 5.75 Å². The summed E-state index contributed by atoms with van der Waals surface area (Å²) in [7, 11) is 0. The van der Waals surface area contributed by atoms with Crippen molar-refractivity contribution in [2.45, 2.75) is 123 Å². The van der Waals surface area contributed by atoms with Gasteiger partial charge in [-0.05, 0) is 43.0 Å². The molecule has 0 radical (unpaired) electrons. The van der Waals surface area contributed by atoms with Crippen LogP contribution in [-0.4, -0.2) is 16.2 Å². The van der Waals surface area contributed by atoms with Gasteiger partial charge in [0.05, 0.1) is 5.92 Å². The van der Waals surface area contributed by atoms with Crippen LogP contribution in [-0.2, 0) is 4.79 Å². The maximum Gasteiger partial charge on any atom is 0.310 e. The molecule has 0 aliphatic heterocycles. The summed E-state index contributed by atoms with van der Waals surface area (Å²) in [6.07, 6.45) is 19.0. The largest absolute Gasteiger partial charge is 0.508 e. The van der Waals surface area contributed by atoms with Crippen LogP contribution in [0.3, 0.4) is 0 Å². The van der Waals surface area contributed by atoms with Gasteiger partial charge in [-0.2, -0.15) is 0 Å². The molecule has 1 aromatic carbocycles. The Labute approximate surface area is 178 Å². The minimum atomic E-state index is -0.757. The second-order valence-electron chi connectivity index (χ2n) is 8.70. The molecule has 3 nitrogen and oxygen atoms in total. The summed E-state index contributed by atoms with van der Waals surface area (Å²) in [4.78, 5) is 11.8. The molecule has 0 saturated heterocycles. The van der Waals surface area contributed by atoms with Gasteiger partial charge in [-0.25, -0.2) is 0 Å². The number of phenolic OH excluding ortho intramolecular Hbond substituents is 1. The Bertz CT molecular complexity index is 580. The maximum atomic E-state index is 11.8. The molecule has 0 aliphatic carbocycles. The van der Waals surface area contributed by atoms with Gasteiger partial charge in [-0.15, -0.1) is 0 Å². The molecule has 166 valence electrons. The number of benzene rings is 1. The van der Waals surface area contributed by atoms with Crippen LogP contribution in [0.25, 0.3) is 0 Å².